The summed E-state index contributed by atoms with van der Waals surface area (Å²) in [5.41, 5.74) is -0.934. The number of likely N-dealkylation sites (N-methyl/N-ethyl adjacent to an activating group) is 1. The Kier molecular flexibility index (Phi) is 11.1. The molecule has 15 heteroatoms. The monoisotopic (exact) mass is 684 g/mol. The molecule has 4 nitrogen and oxygen atoms in total. The highest BCUT2D eigenvalue weighted by Gasteiger charge is 2.40. The lowest BCUT2D eigenvalue weighted by Crippen LogP contribution is -2.49. The highest BCUT2D eigenvalue weighted by molar-refractivity contribution is 9.10. The van der Waals surface area contributed by atoms with Crippen molar-refractivity contribution in [1.82, 2.24) is 10.2 Å². The van der Waals surface area contributed by atoms with Crippen LogP contribution < -0.4 is 5.32 Å². The summed E-state index contributed by atoms with van der Waals surface area (Å²) in [5, 5.41) is 1.58. The van der Waals surface area contributed by atoms with Gasteiger partial charge in [-0.15, -0.1) is 0 Å². The number of carbonyl (C=O) groups excluding carboxylic acids is 2. The number of halogens is 11. The van der Waals surface area contributed by atoms with Crippen molar-refractivity contribution in [3.05, 3.63) is 72.6 Å². The number of carbonyl (C=O) groups is 2. The van der Waals surface area contributed by atoms with Gasteiger partial charge in [-0.3, -0.25) is 9.59 Å². The SMILES string of the molecule is CCN(CC(F)(F)F)C(=O)C(C)NC(=O)c1ccc(/C(F)=C/C(c2cc(Cl)c(Cl)c(Cl)c2)C(F)(F)F)cc1Br. The topological polar surface area (TPSA) is 49.4 Å². The zero-order chi connectivity index (χ0) is 29.9. The number of rotatable bonds is 8. The summed E-state index contributed by atoms with van der Waals surface area (Å²) in [6, 6.07) is 3.62. The van der Waals surface area contributed by atoms with E-state index in [4.69, 9.17) is 34.8 Å². The highest BCUT2D eigenvalue weighted by atomic mass is 79.9. The maximum Gasteiger partial charge on any atom is 0.406 e. The molecular formula is C24H19BrCl3F7N2O2. The van der Waals surface area contributed by atoms with Gasteiger partial charge in [-0.1, -0.05) is 40.9 Å². The van der Waals surface area contributed by atoms with Crippen molar-refractivity contribution < 1.29 is 40.3 Å². The van der Waals surface area contributed by atoms with E-state index in [1.807, 2.05) is 0 Å². The first-order valence-electron chi connectivity index (χ1n) is 10.9. The fraction of sp³-hybridized carbons (Fsp3) is 0.333. The van der Waals surface area contributed by atoms with Crippen LogP contribution in [0.3, 0.4) is 0 Å². The van der Waals surface area contributed by atoms with E-state index in [9.17, 15) is 40.3 Å². The van der Waals surface area contributed by atoms with Crippen LogP contribution in [0.1, 0.15) is 41.3 Å². The number of nitrogens with zero attached hydrogens (tertiary/aromatic N) is 1. The Bertz CT molecular complexity index is 1250. The fourth-order valence-corrected chi connectivity index (χ4v) is 4.57. The van der Waals surface area contributed by atoms with E-state index in [0.29, 0.717) is 11.0 Å². The number of nitrogens with one attached hydrogen (secondary N) is 1. The van der Waals surface area contributed by atoms with Crippen LogP contribution >= 0.6 is 50.7 Å². The summed E-state index contributed by atoms with van der Waals surface area (Å²) in [7, 11) is 0. The Hall–Kier alpha value is -2.02. The third kappa shape index (κ3) is 8.99. The Labute approximate surface area is 242 Å². The molecule has 0 aromatic heterocycles. The van der Waals surface area contributed by atoms with Crippen LogP contribution in [0, 0.1) is 0 Å². The zero-order valence-electron chi connectivity index (χ0n) is 20.0. The van der Waals surface area contributed by atoms with E-state index in [1.54, 1.807) is 0 Å². The molecule has 0 saturated carbocycles. The second kappa shape index (κ2) is 13.1. The lowest BCUT2D eigenvalue weighted by atomic mass is 9.96. The minimum atomic E-state index is -4.93. The van der Waals surface area contributed by atoms with Crippen molar-refractivity contribution >= 4 is 68.4 Å². The summed E-state index contributed by atoms with van der Waals surface area (Å²) in [6.07, 6.45) is -9.27. The Balaban J connectivity index is 2.30. The molecule has 2 aromatic carbocycles. The van der Waals surface area contributed by atoms with Crippen molar-refractivity contribution in [3.63, 3.8) is 0 Å². The molecule has 0 spiro atoms. The van der Waals surface area contributed by atoms with Crippen molar-refractivity contribution in [1.29, 1.82) is 0 Å². The van der Waals surface area contributed by atoms with Crippen molar-refractivity contribution in [2.75, 3.05) is 13.1 Å². The van der Waals surface area contributed by atoms with Gasteiger partial charge in [0, 0.05) is 16.6 Å². The molecule has 0 heterocycles. The molecule has 0 aliphatic heterocycles. The molecule has 1 N–H and O–H groups in total. The van der Waals surface area contributed by atoms with Gasteiger partial charge in [0.1, 0.15) is 24.3 Å². The lowest BCUT2D eigenvalue weighted by Gasteiger charge is -2.26. The molecule has 0 aliphatic carbocycles. The molecule has 2 aromatic rings. The minimum absolute atomic E-state index is 0.0514. The average molecular weight is 687 g/mol. The first kappa shape index (κ1) is 33.2. The van der Waals surface area contributed by atoms with Crippen LogP contribution in [0.2, 0.25) is 15.1 Å². The van der Waals surface area contributed by atoms with Crippen LogP contribution in [0.25, 0.3) is 5.83 Å². The number of hydrogen-bond donors (Lipinski definition) is 1. The lowest BCUT2D eigenvalue weighted by molar-refractivity contribution is -0.161. The molecule has 2 amide bonds. The number of alkyl halides is 6. The molecule has 2 atom stereocenters. The maximum atomic E-state index is 15.0. The normalized spacial score (nSPS) is 14.1. The van der Waals surface area contributed by atoms with E-state index < -0.39 is 54.1 Å². The Morgan fingerprint density at radius 1 is 1.05 bits per heavy atom. The maximum absolute atomic E-state index is 15.0. The molecule has 0 bridgehead atoms. The largest absolute Gasteiger partial charge is 0.406 e. The minimum Gasteiger partial charge on any atom is -0.340 e. The van der Waals surface area contributed by atoms with E-state index in [0.717, 1.165) is 30.3 Å². The van der Waals surface area contributed by atoms with Gasteiger partial charge in [-0.2, -0.15) is 26.3 Å². The number of amides is 2. The molecule has 0 saturated heterocycles. The second-order valence-electron chi connectivity index (χ2n) is 8.19. The molecule has 0 fully saturated rings. The molecule has 39 heavy (non-hydrogen) atoms. The molecule has 0 radical (unpaired) electrons. The summed E-state index contributed by atoms with van der Waals surface area (Å²) in [5.74, 6) is -5.61. The van der Waals surface area contributed by atoms with Gasteiger partial charge in [0.05, 0.1) is 20.6 Å². The quantitative estimate of drug-likeness (QED) is 0.224. The fourth-order valence-electron chi connectivity index (χ4n) is 3.40. The Morgan fingerprint density at radius 3 is 2.08 bits per heavy atom. The van der Waals surface area contributed by atoms with Gasteiger partial charge < -0.3 is 10.2 Å². The van der Waals surface area contributed by atoms with Crippen molar-refractivity contribution in [2.45, 2.75) is 38.2 Å². The highest BCUT2D eigenvalue weighted by Crippen LogP contribution is 2.42. The summed E-state index contributed by atoms with van der Waals surface area (Å²) in [6.45, 7) is 0.779. The van der Waals surface area contributed by atoms with Gasteiger partial charge in [-0.25, -0.2) is 4.39 Å². The van der Waals surface area contributed by atoms with E-state index >= 15 is 0 Å². The summed E-state index contributed by atoms with van der Waals surface area (Å²) in [4.78, 5) is 25.5. The third-order valence-electron chi connectivity index (χ3n) is 5.30. The molecular weight excluding hydrogens is 668 g/mol. The van der Waals surface area contributed by atoms with Crippen LogP contribution in [0.4, 0.5) is 30.7 Å². The van der Waals surface area contributed by atoms with Crippen LogP contribution in [-0.2, 0) is 4.79 Å². The summed E-state index contributed by atoms with van der Waals surface area (Å²) >= 11 is 20.5. The zero-order valence-corrected chi connectivity index (χ0v) is 23.8. The van der Waals surface area contributed by atoms with E-state index in [-0.39, 0.29) is 37.2 Å². The first-order chi connectivity index (χ1) is 17.9. The summed E-state index contributed by atoms with van der Waals surface area (Å²) < 4.78 is 94.3. The first-order valence-corrected chi connectivity index (χ1v) is 12.8. The molecule has 2 rings (SSSR count). The van der Waals surface area contributed by atoms with Gasteiger partial charge >= 0.3 is 12.4 Å². The number of benzene rings is 2. The smallest absolute Gasteiger partial charge is 0.340 e. The van der Waals surface area contributed by atoms with Gasteiger partial charge in [0.25, 0.3) is 5.91 Å². The average Bonchev–Trinajstić information content (AvgIpc) is 2.81. The van der Waals surface area contributed by atoms with Gasteiger partial charge in [0.2, 0.25) is 5.91 Å². The van der Waals surface area contributed by atoms with Crippen LogP contribution in [-0.4, -0.2) is 48.2 Å². The van der Waals surface area contributed by atoms with Crippen molar-refractivity contribution in [2.24, 2.45) is 0 Å². The van der Waals surface area contributed by atoms with Gasteiger partial charge in [-0.05, 0) is 65.7 Å². The Morgan fingerprint density at radius 2 is 1.62 bits per heavy atom. The van der Waals surface area contributed by atoms with Crippen LogP contribution in [0.15, 0.2) is 40.9 Å². The van der Waals surface area contributed by atoms with Gasteiger partial charge in [0.15, 0.2) is 0 Å². The van der Waals surface area contributed by atoms with E-state index in [1.165, 1.54) is 13.8 Å². The third-order valence-corrected chi connectivity index (χ3v) is 7.15. The molecule has 0 aliphatic rings. The van der Waals surface area contributed by atoms with Crippen LogP contribution in [0.5, 0.6) is 0 Å². The molecule has 214 valence electrons. The van der Waals surface area contributed by atoms with Crippen molar-refractivity contribution in [3.8, 4) is 0 Å². The second-order valence-corrected chi connectivity index (χ2v) is 10.2. The molecule has 2 unspecified atom stereocenters. The number of hydrogen-bond acceptors (Lipinski definition) is 2. The predicted octanol–water partition coefficient (Wildman–Crippen LogP) is 8.59. The number of allylic oxidation sites excluding steroid dienone is 1. The van der Waals surface area contributed by atoms with E-state index in [2.05, 4.69) is 21.2 Å². The standard InChI is InChI=1S/C24H19BrCl3F7N2O2/c1-3-37(10-23(30,31)32)22(39)11(2)36-21(38)14-5-4-12(6-16(14)25)19(29)9-15(24(33,34)35)13-7-17(26)20(28)18(27)8-13/h4-9,11,15H,3,10H2,1-2H3,(H,36,38)/b19-9-. The predicted molar refractivity (Wildman–Crippen MR) is 139 cm³/mol.